The lowest BCUT2D eigenvalue weighted by atomic mass is 10.0. The minimum Gasteiger partial charge on any atom is -0.279 e. The molecule has 5 nitrogen and oxygen atoms in total. The number of aryl methyl sites for hydroxylation is 3. The molecule has 120 valence electrons. The Bertz CT molecular complexity index is 741. The standard InChI is InChI=1S/C16H23N3O2S/c1-5-13-9-8-10-14(6-2)16(13)18-22(20,21)15-11-17-19(7-3)12(15)4/h8-11,18H,5-7H2,1-4H3. The van der Waals surface area contributed by atoms with Gasteiger partial charge in [0.05, 0.1) is 17.6 Å². The Labute approximate surface area is 132 Å². The number of para-hydroxylation sites is 1. The van der Waals surface area contributed by atoms with Gasteiger partial charge in [-0.2, -0.15) is 5.10 Å². The Morgan fingerprint density at radius 2 is 1.73 bits per heavy atom. The van der Waals surface area contributed by atoms with Gasteiger partial charge >= 0.3 is 0 Å². The molecule has 1 heterocycles. The summed E-state index contributed by atoms with van der Waals surface area (Å²) in [4.78, 5) is 0.238. The van der Waals surface area contributed by atoms with E-state index in [0.29, 0.717) is 17.9 Å². The maximum Gasteiger partial charge on any atom is 0.265 e. The number of benzene rings is 1. The molecule has 22 heavy (non-hydrogen) atoms. The third kappa shape index (κ3) is 3.02. The number of anilines is 1. The lowest BCUT2D eigenvalue weighted by Crippen LogP contribution is -2.16. The number of hydrogen-bond acceptors (Lipinski definition) is 3. The molecule has 0 atom stereocenters. The van der Waals surface area contributed by atoms with Crippen molar-refractivity contribution in [1.29, 1.82) is 0 Å². The average Bonchev–Trinajstić information content (AvgIpc) is 2.88. The van der Waals surface area contributed by atoms with E-state index in [0.717, 1.165) is 24.0 Å². The van der Waals surface area contributed by atoms with Crippen LogP contribution in [0.1, 0.15) is 37.6 Å². The van der Waals surface area contributed by atoms with Crippen LogP contribution in [0, 0.1) is 6.92 Å². The van der Waals surface area contributed by atoms with Gasteiger partial charge in [-0.25, -0.2) is 8.42 Å². The van der Waals surface area contributed by atoms with Crippen LogP contribution in [0.4, 0.5) is 5.69 Å². The molecule has 0 saturated carbocycles. The van der Waals surface area contributed by atoms with Crippen molar-refractivity contribution in [3.05, 3.63) is 41.2 Å². The van der Waals surface area contributed by atoms with E-state index in [4.69, 9.17) is 0 Å². The van der Waals surface area contributed by atoms with E-state index in [1.165, 1.54) is 6.20 Å². The topological polar surface area (TPSA) is 64.0 Å². The highest BCUT2D eigenvalue weighted by molar-refractivity contribution is 7.92. The lowest BCUT2D eigenvalue weighted by Gasteiger charge is -2.15. The summed E-state index contributed by atoms with van der Waals surface area (Å²) in [5, 5.41) is 4.12. The smallest absolute Gasteiger partial charge is 0.265 e. The van der Waals surface area contributed by atoms with Gasteiger partial charge in [0.1, 0.15) is 4.90 Å². The molecule has 0 spiro atoms. The van der Waals surface area contributed by atoms with E-state index in [1.54, 1.807) is 11.6 Å². The second-order valence-electron chi connectivity index (χ2n) is 5.17. The lowest BCUT2D eigenvalue weighted by molar-refractivity contribution is 0.598. The molecule has 1 aromatic carbocycles. The first-order valence-electron chi connectivity index (χ1n) is 7.60. The van der Waals surface area contributed by atoms with Crippen molar-refractivity contribution in [2.75, 3.05) is 4.72 Å². The second kappa shape index (κ2) is 6.52. The molecule has 2 aromatic rings. The van der Waals surface area contributed by atoms with E-state index in [2.05, 4.69) is 9.82 Å². The summed E-state index contributed by atoms with van der Waals surface area (Å²) in [6, 6.07) is 5.88. The Hall–Kier alpha value is -1.82. The van der Waals surface area contributed by atoms with Crippen LogP contribution in [0.2, 0.25) is 0 Å². The number of nitrogens with zero attached hydrogens (tertiary/aromatic N) is 2. The summed E-state index contributed by atoms with van der Waals surface area (Å²) in [6.07, 6.45) is 2.97. The zero-order chi connectivity index (χ0) is 16.3. The number of hydrogen-bond donors (Lipinski definition) is 1. The monoisotopic (exact) mass is 321 g/mol. The SMILES string of the molecule is CCc1cccc(CC)c1NS(=O)(=O)c1cnn(CC)c1C. The first-order chi connectivity index (χ1) is 10.4. The van der Waals surface area contributed by atoms with Crippen molar-refractivity contribution in [3.63, 3.8) is 0 Å². The second-order valence-corrected chi connectivity index (χ2v) is 6.82. The Morgan fingerprint density at radius 3 is 2.18 bits per heavy atom. The molecule has 0 bridgehead atoms. The van der Waals surface area contributed by atoms with Gasteiger partial charge in [-0.1, -0.05) is 32.0 Å². The van der Waals surface area contributed by atoms with Gasteiger partial charge in [-0.05, 0) is 37.8 Å². The van der Waals surface area contributed by atoms with E-state index in [-0.39, 0.29) is 4.90 Å². The first-order valence-corrected chi connectivity index (χ1v) is 9.08. The average molecular weight is 321 g/mol. The largest absolute Gasteiger partial charge is 0.279 e. The van der Waals surface area contributed by atoms with Crippen LogP contribution in [0.5, 0.6) is 0 Å². The van der Waals surface area contributed by atoms with Crippen LogP contribution in [0.3, 0.4) is 0 Å². The van der Waals surface area contributed by atoms with Crippen molar-refractivity contribution in [2.45, 2.75) is 52.0 Å². The molecule has 0 aliphatic rings. The molecule has 0 aliphatic heterocycles. The molecule has 0 amide bonds. The fraction of sp³-hybridized carbons (Fsp3) is 0.438. The molecular weight excluding hydrogens is 298 g/mol. The zero-order valence-corrected chi connectivity index (χ0v) is 14.4. The van der Waals surface area contributed by atoms with Gasteiger partial charge in [0.2, 0.25) is 0 Å². The van der Waals surface area contributed by atoms with Crippen molar-refractivity contribution in [2.24, 2.45) is 0 Å². The van der Waals surface area contributed by atoms with Crippen LogP contribution in [-0.2, 0) is 29.4 Å². The minimum atomic E-state index is -3.63. The molecule has 1 N–H and O–H groups in total. The van der Waals surface area contributed by atoms with Crippen molar-refractivity contribution >= 4 is 15.7 Å². The normalized spacial score (nSPS) is 11.6. The highest BCUT2D eigenvalue weighted by Gasteiger charge is 2.22. The maximum atomic E-state index is 12.7. The quantitative estimate of drug-likeness (QED) is 0.889. The molecule has 0 saturated heterocycles. The fourth-order valence-corrected chi connectivity index (χ4v) is 3.90. The summed E-state index contributed by atoms with van der Waals surface area (Å²) in [5.41, 5.74) is 3.37. The third-order valence-electron chi connectivity index (χ3n) is 3.88. The van der Waals surface area contributed by atoms with E-state index in [9.17, 15) is 8.42 Å². The molecule has 0 unspecified atom stereocenters. The van der Waals surface area contributed by atoms with E-state index < -0.39 is 10.0 Å². The highest BCUT2D eigenvalue weighted by Crippen LogP contribution is 2.26. The molecule has 0 fully saturated rings. The molecule has 2 rings (SSSR count). The van der Waals surface area contributed by atoms with Crippen molar-refractivity contribution < 1.29 is 8.42 Å². The van der Waals surface area contributed by atoms with Gasteiger partial charge in [0.15, 0.2) is 0 Å². The number of nitrogens with one attached hydrogen (secondary N) is 1. The third-order valence-corrected chi connectivity index (χ3v) is 5.34. The number of aromatic nitrogens is 2. The molecule has 1 aromatic heterocycles. The van der Waals surface area contributed by atoms with Gasteiger partial charge < -0.3 is 0 Å². The van der Waals surface area contributed by atoms with Crippen molar-refractivity contribution in [3.8, 4) is 0 Å². The van der Waals surface area contributed by atoms with Gasteiger partial charge in [-0.15, -0.1) is 0 Å². The van der Waals surface area contributed by atoms with Crippen LogP contribution in [-0.4, -0.2) is 18.2 Å². The minimum absolute atomic E-state index is 0.238. The first kappa shape index (κ1) is 16.5. The van der Waals surface area contributed by atoms with Gasteiger partial charge in [0.25, 0.3) is 10.0 Å². The summed E-state index contributed by atoms with van der Waals surface area (Å²) < 4.78 is 29.9. The van der Waals surface area contributed by atoms with Crippen molar-refractivity contribution in [1.82, 2.24) is 9.78 Å². The predicted molar refractivity (Wildman–Crippen MR) is 88.6 cm³/mol. The zero-order valence-electron chi connectivity index (χ0n) is 13.5. The molecule has 0 radical (unpaired) electrons. The maximum absolute atomic E-state index is 12.7. The summed E-state index contributed by atoms with van der Waals surface area (Å²) in [7, 11) is -3.63. The van der Waals surface area contributed by atoms with Crippen LogP contribution >= 0.6 is 0 Å². The van der Waals surface area contributed by atoms with Gasteiger partial charge in [-0.3, -0.25) is 9.40 Å². The van der Waals surface area contributed by atoms with Crippen LogP contribution < -0.4 is 4.72 Å². The van der Waals surface area contributed by atoms with Gasteiger partial charge in [0, 0.05) is 6.54 Å². The Balaban J connectivity index is 2.47. The van der Waals surface area contributed by atoms with E-state index in [1.807, 2.05) is 39.0 Å². The molecule has 0 aliphatic carbocycles. The summed E-state index contributed by atoms with van der Waals surface area (Å²) >= 11 is 0. The number of rotatable bonds is 6. The molecular formula is C16H23N3O2S. The summed E-state index contributed by atoms with van der Waals surface area (Å²) in [5.74, 6) is 0. The molecule has 6 heteroatoms. The highest BCUT2D eigenvalue weighted by atomic mass is 32.2. The Morgan fingerprint density at radius 1 is 1.14 bits per heavy atom. The predicted octanol–water partition coefficient (Wildman–Crippen LogP) is 3.14. The fourth-order valence-electron chi connectivity index (χ4n) is 2.58. The van der Waals surface area contributed by atoms with E-state index >= 15 is 0 Å². The van der Waals surface area contributed by atoms with Crippen LogP contribution in [0.25, 0.3) is 0 Å². The van der Waals surface area contributed by atoms with Crippen LogP contribution in [0.15, 0.2) is 29.3 Å². The Kier molecular flexibility index (Phi) is 4.90. The summed E-state index contributed by atoms with van der Waals surface area (Å²) in [6.45, 7) is 8.40. The number of sulfonamides is 1.